The molecule has 2 aliphatic rings. The second-order valence-electron chi connectivity index (χ2n) is 5.33. The minimum atomic E-state index is -1.04. The lowest BCUT2D eigenvalue weighted by Gasteiger charge is -2.28. The molecule has 0 aromatic carbocycles. The first-order valence-corrected chi connectivity index (χ1v) is 6.61. The smallest absolute Gasteiger partial charge is 0.317 e. The van der Waals surface area contributed by atoms with Crippen LogP contribution in [-0.4, -0.2) is 67.4 Å². The molecule has 2 amide bonds. The maximum Gasteiger partial charge on any atom is 0.317 e. The highest BCUT2D eigenvalue weighted by Crippen LogP contribution is 2.28. The summed E-state index contributed by atoms with van der Waals surface area (Å²) in [5.74, 6) is -0.937. The number of carboxylic acid groups (broad SMARTS) is 1. The fourth-order valence-electron chi connectivity index (χ4n) is 2.37. The van der Waals surface area contributed by atoms with E-state index in [1.165, 1.54) is 0 Å². The van der Waals surface area contributed by atoms with Crippen molar-refractivity contribution >= 4 is 12.0 Å². The summed E-state index contributed by atoms with van der Waals surface area (Å²) in [6, 6.07) is -0.680. The van der Waals surface area contributed by atoms with E-state index in [9.17, 15) is 14.7 Å². The number of amides is 2. The van der Waals surface area contributed by atoms with Gasteiger partial charge in [0.25, 0.3) is 0 Å². The number of rotatable bonds is 2. The van der Waals surface area contributed by atoms with E-state index in [-0.39, 0.29) is 19.2 Å². The van der Waals surface area contributed by atoms with E-state index in [1.807, 2.05) is 0 Å². The van der Waals surface area contributed by atoms with Crippen molar-refractivity contribution in [3.63, 3.8) is 0 Å². The van der Waals surface area contributed by atoms with Crippen molar-refractivity contribution in [2.45, 2.75) is 19.4 Å². The molecule has 0 spiro atoms. The van der Waals surface area contributed by atoms with Crippen molar-refractivity contribution in [1.82, 2.24) is 15.5 Å². The zero-order valence-electron chi connectivity index (χ0n) is 11.1. The van der Waals surface area contributed by atoms with Gasteiger partial charge >= 0.3 is 12.0 Å². The summed E-state index contributed by atoms with van der Waals surface area (Å²) in [6.45, 7) is 5.00. The van der Waals surface area contributed by atoms with Gasteiger partial charge < -0.3 is 25.4 Å². The van der Waals surface area contributed by atoms with Crippen molar-refractivity contribution in [3.05, 3.63) is 0 Å². The average Bonchev–Trinajstić information content (AvgIpc) is 2.61. The normalized spacial score (nSPS) is 31.8. The largest absolute Gasteiger partial charge is 0.481 e. The van der Waals surface area contributed by atoms with Crippen LogP contribution in [-0.2, 0) is 9.53 Å². The molecule has 0 saturated carbocycles. The van der Waals surface area contributed by atoms with E-state index in [0.29, 0.717) is 13.1 Å². The molecule has 19 heavy (non-hydrogen) atoms. The molecule has 2 aliphatic heterocycles. The van der Waals surface area contributed by atoms with Crippen LogP contribution >= 0.6 is 0 Å². The van der Waals surface area contributed by atoms with E-state index < -0.39 is 17.4 Å². The van der Waals surface area contributed by atoms with Crippen molar-refractivity contribution in [2.75, 3.05) is 39.4 Å². The van der Waals surface area contributed by atoms with Crippen LogP contribution in [0, 0.1) is 5.41 Å². The molecule has 7 heteroatoms. The third-order valence-electron chi connectivity index (χ3n) is 3.87. The first-order chi connectivity index (χ1) is 9.04. The van der Waals surface area contributed by atoms with Crippen LogP contribution in [0.3, 0.4) is 0 Å². The molecular formula is C12H21N3O4. The van der Waals surface area contributed by atoms with Crippen LogP contribution in [0.15, 0.2) is 0 Å². The molecule has 0 radical (unpaired) electrons. The molecule has 2 heterocycles. The number of carboxylic acids is 1. The van der Waals surface area contributed by atoms with Crippen molar-refractivity contribution in [2.24, 2.45) is 5.41 Å². The maximum absolute atomic E-state index is 12.2. The van der Waals surface area contributed by atoms with E-state index in [4.69, 9.17) is 4.74 Å². The molecule has 0 aromatic rings. The molecule has 2 rings (SSSR count). The first-order valence-electron chi connectivity index (χ1n) is 6.61. The Bertz CT molecular complexity index is 355. The average molecular weight is 271 g/mol. The zero-order valence-corrected chi connectivity index (χ0v) is 11.1. The van der Waals surface area contributed by atoms with Gasteiger partial charge in [-0.25, -0.2) is 4.79 Å². The molecule has 3 N–H and O–H groups in total. The number of nitrogens with zero attached hydrogens (tertiary/aromatic N) is 1. The number of nitrogens with one attached hydrogen (secondary N) is 2. The number of ether oxygens (including phenoxy) is 1. The van der Waals surface area contributed by atoms with Crippen LogP contribution < -0.4 is 10.6 Å². The van der Waals surface area contributed by atoms with Gasteiger partial charge in [0.1, 0.15) is 5.41 Å². The Kier molecular flexibility index (Phi) is 4.26. The van der Waals surface area contributed by atoms with Crippen LogP contribution in [0.4, 0.5) is 4.79 Å². The Morgan fingerprint density at radius 1 is 1.42 bits per heavy atom. The lowest BCUT2D eigenvalue weighted by Crippen LogP contribution is -2.53. The van der Waals surface area contributed by atoms with Crippen molar-refractivity contribution in [3.8, 4) is 0 Å². The van der Waals surface area contributed by atoms with E-state index in [0.717, 1.165) is 19.5 Å². The predicted molar refractivity (Wildman–Crippen MR) is 67.9 cm³/mol. The second-order valence-corrected chi connectivity index (χ2v) is 5.33. The number of urea groups is 1. The summed E-state index contributed by atoms with van der Waals surface area (Å²) in [5.41, 5.74) is -1.04. The molecule has 2 unspecified atom stereocenters. The SMILES string of the molecule is CC1(C(=O)O)COCC1NC(=O)N1CCCNCC1. The highest BCUT2D eigenvalue weighted by atomic mass is 16.5. The number of carbonyl (C=O) groups is 2. The Labute approximate surface area is 112 Å². The molecule has 7 nitrogen and oxygen atoms in total. The minimum absolute atomic E-state index is 0.134. The topological polar surface area (TPSA) is 90.9 Å². The van der Waals surface area contributed by atoms with Gasteiger partial charge in [-0.2, -0.15) is 0 Å². The summed E-state index contributed by atoms with van der Waals surface area (Å²) in [4.78, 5) is 25.2. The maximum atomic E-state index is 12.2. The molecular weight excluding hydrogens is 250 g/mol. The summed E-state index contributed by atoms with van der Waals surface area (Å²) >= 11 is 0. The van der Waals surface area contributed by atoms with Gasteiger partial charge in [0, 0.05) is 19.6 Å². The summed E-state index contributed by atoms with van der Waals surface area (Å²) in [7, 11) is 0. The molecule has 0 bridgehead atoms. The number of hydrogen-bond acceptors (Lipinski definition) is 4. The van der Waals surface area contributed by atoms with E-state index >= 15 is 0 Å². The first kappa shape index (κ1) is 14.1. The zero-order chi connectivity index (χ0) is 13.9. The van der Waals surface area contributed by atoms with Crippen molar-refractivity contribution < 1.29 is 19.4 Å². The van der Waals surface area contributed by atoms with Crippen LogP contribution in [0.25, 0.3) is 0 Å². The summed E-state index contributed by atoms with van der Waals surface area (Å²) in [6.07, 6.45) is 0.908. The van der Waals surface area contributed by atoms with E-state index in [2.05, 4.69) is 10.6 Å². The molecule has 108 valence electrons. The Morgan fingerprint density at radius 3 is 2.95 bits per heavy atom. The standard InChI is InChI=1S/C12H21N3O4/c1-12(10(16)17)8-19-7-9(12)14-11(18)15-5-2-3-13-4-6-15/h9,13H,2-8H2,1H3,(H,14,18)(H,16,17). The fourth-order valence-corrected chi connectivity index (χ4v) is 2.37. The highest BCUT2D eigenvalue weighted by molar-refractivity contribution is 5.79. The molecule has 2 atom stereocenters. The lowest BCUT2D eigenvalue weighted by atomic mass is 9.85. The van der Waals surface area contributed by atoms with Gasteiger partial charge in [-0.05, 0) is 19.9 Å². The Hall–Kier alpha value is -1.34. The fraction of sp³-hybridized carbons (Fsp3) is 0.833. The van der Waals surface area contributed by atoms with Gasteiger partial charge in [-0.1, -0.05) is 0 Å². The van der Waals surface area contributed by atoms with Gasteiger partial charge in [0.15, 0.2) is 0 Å². The highest BCUT2D eigenvalue weighted by Gasteiger charge is 2.47. The van der Waals surface area contributed by atoms with Crippen LogP contribution in [0.5, 0.6) is 0 Å². The summed E-state index contributed by atoms with van der Waals surface area (Å²) in [5, 5.41) is 15.3. The Morgan fingerprint density at radius 2 is 2.21 bits per heavy atom. The minimum Gasteiger partial charge on any atom is -0.481 e. The molecule has 2 fully saturated rings. The predicted octanol–water partition coefficient (Wildman–Crippen LogP) is -0.519. The molecule has 0 aromatic heterocycles. The van der Waals surface area contributed by atoms with Gasteiger partial charge in [0.05, 0.1) is 19.3 Å². The molecule has 0 aliphatic carbocycles. The Balaban J connectivity index is 1.96. The number of hydrogen-bond donors (Lipinski definition) is 3. The quantitative estimate of drug-likeness (QED) is 0.629. The van der Waals surface area contributed by atoms with Gasteiger partial charge in [-0.3, -0.25) is 4.79 Å². The van der Waals surface area contributed by atoms with Gasteiger partial charge in [0.2, 0.25) is 0 Å². The summed E-state index contributed by atoms with van der Waals surface area (Å²) < 4.78 is 5.22. The molecule has 2 saturated heterocycles. The van der Waals surface area contributed by atoms with Gasteiger partial charge in [-0.15, -0.1) is 0 Å². The van der Waals surface area contributed by atoms with E-state index in [1.54, 1.807) is 11.8 Å². The number of carbonyl (C=O) groups excluding carboxylic acids is 1. The monoisotopic (exact) mass is 271 g/mol. The lowest BCUT2D eigenvalue weighted by molar-refractivity contribution is -0.148. The third kappa shape index (κ3) is 2.98. The van der Waals surface area contributed by atoms with Crippen LogP contribution in [0.1, 0.15) is 13.3 Å². The van der Waals surface area contributed by atoms with Crippen molar-refractivity contribution in [1.29, 1.82) is 0 Å². The number of aliphatic carboxylic acids is 1. The van der Waals surface area contributed by atoms with Crippen LogP contribution in [0.2, 0.25) is 0 Å². The third-order valence-corrected chi connectivity index (χ3v) is 3.87. The second kappa shape index (κ2) is 5.75.